The monoisotopic (exact) mass is 450 g/mol. The van der Waals surface area contributed by atoms with Crippen molar-refractivity contribution in [3.05, 3.63) is 0 Å². The SMILES string of the molecule is C[C@]12CC[C@@H](O[Si](C)(C)C)C[C@@H]1C[C@H](O[Si](C)(C)C)[C@@H]1[C@@H]2CC[C@]2(C)C(=O)CC[C@@H]12. The number of ketones is 1. The summed E-state index contributed by atoms with van der Waals surface area (Å²) in [5, 5.41) is 0. The van der Waals surface area contributed by atoms with Crippen LogP contribution in [0.3, 0.4) is 0 Å². The second-order valence-corrected chi connectivity index (χ2v) is 22.5. The molecule has 172 valence electrons. The van der Waals surface area contributed by atoms with Gasteiger partial charge < -0.3 is 8.85 Å². The number of hydrogen-bond acceptors (Lipinski definition) is 3. The normalized spacial score (nSPS) is 46.9. The Bertz CT molecular complexity index is 681. The second kappa shape index (κ2) is 7.53. The van der Waals surface area contributed by atoms with Crippen molar-refractivity contribution in [1.29, 1.82) is 0 Å². The molecular formula is C25H46O3Si2. The fourth-order valence-electron chi connectivity index (χ4n) is 8.11. The number of hydrogen-bond donors (Lipinski definition) is 0. The highest BCUT2D eigenvalue weighted by atomic mass is 28.4. The van der Waals surface area contributed by atoms with E-state index in [4.69, 9.17) is 8.85 Å². The molecule has 4 fully saturated rings. The van der Waals surface area contributed by atoms with Gasteiger partial charge in [-0.1, -0.05) is 13.8 Å². The molecule has 30 heavy (non-hydrogen) atoms. The molecule has 0 saturated heterocycles. The van der Waals surface area contributed by atoms with E-state index in [2.05, 4.69) is 53.1 Å². The van der Waals surface area contributed by atoms with E-state index in [1.807, 2.05) is 0 Å². The van der Waals surface area contributed by atoms with Gasteiger partial charge in [0.1, 0.15) is 5.78 Å². The molecule has 0 aliphatic heterocycles. The number of carbonyl (C=O) groups excluding carboxylic acids is 1. The zero-order chi connectivity index (χ0) is 22.1. The molecule has 0 N–H and O–H groups in total. The lowest BCUT2D eigenvalue weighted by molar-refractivity contribution is -0.166. The molecule has 0 unspecified atom stereocenters. The molecule has 0 spiro atoms. The van der Waals surface area contributed by atoms with Crippen molar-refractivity contribution < 1.29 is 13.6 Å². The Kier molecular flexibility index (Phi) is 5.82. The van der Waals surface area contributed by atoms with Crippen LogP contribution in [0.15, 0.2) is 0 Å². The Balaban J connectivity index is 1.64. The molecule has 0 aromatic carbocycles. The van der Waals surface area contributed by atoms with Crippen molar-refractivity contribution in [1.82, 2.24) is 0 Å². The fourth-order valence-corrected chi connectivity index (χ4v) is 10.5. The molecule has 4 rings (SSSR count). The molecule has 0 heterocycles. The van der Waals surface area contributed by atoms with Gasteiger partial charge in [0.05, 0.1) is 0 Å². The van der Waals surface area contributed by atoms with Gasteiger partial charge in [0.25, 0.3) is 0 Å². The minimum Gasteiger partial charge on any atom is -0.415 e. The minimum absolute atomic E-state index is 0.0798. The van der Waals surface area contributed by atoms with Crippen LogP contribution < -0.4 is 0 Å². The smallest absolute Gasteiger partial charge is 0.184 e. The predicted molar refractivity (Wildman–Crippen MR) is 129 cm³/mol. The fraction of sp³-hybridized carbons (Fsp3) is 0.960. The van der Waals surface area contributed by atoms with E-state index in [0.717, 1.165) is 25.2 Å². The second-order valence-electron chi connectivity index (χ2n) is 13.5. The van der Waals surface area contributed by atoms with Gasteiger partial charge in [-0.2, -0.15) is 0 Å². The topological polar surface area (TPSA) is 35.5 Å². The molecule has 5 heteroatoms. The maximum absolute atomic E-state index is 12.9. The Morgan fingerprint density at radius 3 is 2.13 bits per heavy atom. The van der Waals surface area contributed by atoms with E-state index < -0.39 is 16.6 Å². The number of carbonyl (C=O) groups is 1. The number of fused-ring (bicyclic) bond motifs is 5. The lowest BCUT2D eigenvalue weighted by atomic mass is 9.44. The molecule has 3 nitrogen and oxygen atoms in total. The standard InChI is InChI=1S/C25H46O3Si2/c1-24-13-11-18(27-29(3,4)5)15-17(24)16-21(28-30(6,7)8)23-19-9-10-22(26)25(19,2)14-12-20(23)24/h17-21,23H,9-16H2,1-8H3/t17-,18-,19+,20+,21+,23+,24+,25+/m1/s1. The van der Waals surface area contributed by atoms with Crippen LogP contribution in [0.1, 0.15) is 65.2 Å². The Morgan fingerprint density at radius 1 is 0.833 bits per heavy atom. The summed E-state index contributed by atoms with van der Waals surface area (Å²) in [6.45, 7) is 18.9. The van der Waals surface area contributed by atoms with E-state index in [1.165, 1.54) is 32.1 Å². The van der Waals surface area contributed by atoms with Gasteiger partial charge in [-0.05, 0) is 113 Å². The molecule has 8 atom stereocenters. The van der Waals surface area contributed by atoms with E-state index in [0.29, 0.717) is 41.2 Å². The quantitative estimate of drug-likeness (QED) is 0.450. The lowest BCUT2D eigenvalue weighted by Gasteiger charge is -2.63. The Morgan fingerprint density at radius 2 is 1.50 bits per heavy atom. The number of rotatable bonds is 4. The van der Waals surface area contributed by atoms with Crippen molar-refractivity contribution in [2.24, 2.45) is 34.5 Å². The largest absolute Gasteiger partial charge is 0.415 e. The molecule has 0 radical (unpaired) electrons. The summed E-state index contributed by atoms with van der Waals surface area (Å²) in [4.78, 5) is 12.9. The maximum atomic E-state index is 12.9. The van der Waals surface area contributed by atoms with Crippen LogP contribution in [-0.2, 0) is 13.6 Å². The highest BCUT2D eigenvalue weighted by molar-refractivity contribution is 6.70. The van der Waals surface area contributed by atoms with Crippen molar-refractivity contribution in [2.75, 3.05) is 0 Å². The number of Topliss-reactive ketones (excluding diaryl/α,β-unsaturated/α-hetero) is 1. The molecule has 0 amide bonds. The minimum atomic E-state index is -1.65. The summed E-state index contributed by atoms with van der Waals surface area (Å²) in [6, 6.07) is 0. The summed E-state index contributed by atoms with van der Waals surface area (Å²) >= 11 is 0. The van der Waals surface area contributed by atoms with Crippen molar-refractivity contribution >= 4 is 22.4 Å². The molecule has 4 aliphatic carbocycles. The zero-order valence-corrected chi connectivity index (χ0v) is 22.8. The molecule has 0 aromatic rings. The summed E-state index contributed by atoms with van der Waals surface area (Å²) in [5.41, 5.74) is 0.319. The van der Waals surface area contributed by atoms with Gasteiger partial charge in [0, 0.05) is 24.0 Å². The van der Waals surface area contributed by atoms with Crippen molar-refractivity contribution in [3.63, 3.8) is 0 Å². The highest BCUT2D eigenvalue weighted by Crippen LogP contribution is 2.66. The van der Waals surface area contributed by atoms with Crippen LogP contribution in [0, 0.1) is 34.5 Å². The van der Waals surface area contributed by atoms with Crippen LogP contribution in [0.2, 0.25) is 39.3 Å². The third-order valence-corrected chi connectivity index (χ3v) is 11.4. The van der Waals surface area contributed by atoms with Crippen LogP contribution >= 0.6 is 0 Å². The zero-order valence-electron chi connectivity index (χ0n) is 20.8. The third kappa shape index (κ3) is 4.06. The van der Waals surface area contributed by atoms with Gasteiger partial charge in [0.15, 0.2) is 16.6 Å². The summed E-state index contributed by atoms with van der Waals surface area (Å²) in [6.07, 6.45) is 9.95. The van der Waals surface area contributed by atoms with Gasteiger partial charge in [-0.15, -0.1) is 0 Å². The van der Waals surface area contributed by atoms with Gasteiger partial charge in [-0.25, -0.2) is 0 Å². The summed E-state index contributed by atoms with van der Waals surface area (Å²) < 4.78 is 13.6. The van der Waals surface area contributed by atoms with Gasteiger partial charge in [0.2, 0.25) is 0 Å². The Hall–Kier alpha value is 0.0238. The predicted octanol–water partition coefficient (Wildman–Crippen LogP) is 6.65. The Labute approximate surface area is 187 Å². The van der Waals surface area contributed by atoms with Crippen LogP contribution in [0.25, 0.3) is 0 Å². The average Bonchev–Trinajstić information content (AvgIpc) is 2.89. The van der Waals surface area contributed by atoms with E-state index >= 15 is 0 Å². The van der Waals surface area contributed by atoms with Crippen molar-refractivity contribution in [2.45, 2.75) is 117 Å². The van der Waals surface area contributed by atoms with E-state index in [1.54, 1.807) is 0 Å². The van der Waals surface area contributed by atoms with Gasteiger partial charge >= 0.3 is 0 Å². The lowest BCUT2D eigenvalue weighted by Crippen LogP contribution is -2.60. The first-order valence-corrected chi connectivity index (χ1v) is 19.4. The molecule has 4 saturated carbocycles. The van der Waals surface area contributed by atoms with E-state index in [9.17, 15) is 4.79 Å². The van der Waals surface area contributed by atoms with Crippen LogP contribution in [-0.4, -0.2) is 34.6 Å². The van der Waals surface area contributed by atoms with Crippen LogP contribution in [0.4, 0.5) is 0 Å². The maximum Gasteiger partial charge on any atom is 0.184 e. The van der Waals surface area contributed by atoms with E-state index in [-0.39, 0.29) is 5.41 Å². The van der Waals surface area contributed by atoms with Gasteiger partial charge in [-0.3, -0.25) is 4.79 Å². The molecule has 0 bridgehead atoms. The first-order chi connectivity index (χ1) is 13.7. The summed E-state index contributed by atoms with van der Waals surface area (Å²) in [7, 11) is -3.16. The first kappa shape index (κ1) is 23.2. The average molecular weight is 451 g/mol. The summed E-state index contributed by atoms with van der Waals surface area (Å²) in [5.74, 6) is 3.08. The molecule has 4 aliphatic rings. The van der Waals surface area contributed by atoms with Crippen molar-refractivity contribution in [3.8, 4) is 0 Å². The van der Waals surface area contributed by atoms with Crippen LogP contribution in [0.5, 0.6) is 0 Å². The first-order valence-electron chi connectivity index (χ1n) is 12.6. The third-order valence-electron chi connectivity index (χ3n) is 9.35. The molecule has 0 aromatic heterocycles. The molecular weight excluding hydrogens is 404 g/mol. The highest BCUT2D eigenvalue weighted by Gasteiger charge is 2.63.